The van der Waals surface area contributed by atoms with Crippen molar-refractivity contribution < 1.29 is 9.53 Å². The summed E-state index contributed by atoms with van der Waals surface area (Å²) in [6.07, 6.45) is 1.50. The molecule has 0 saturated carbocycles. The van der Waals surface area contributed by atoms with E-state index in [2.05, 4.69) is 44.5 Å². The number of nitrogens with one attached hydrogen (secondary N) is 1. The van der Waals surface area contributed by atoms with Gasteiger partial charge in [-0.25, -0.2) is 14.8 Å². The molecule has 0 spiro atoms. The van der Waals surface area contributed by atoms with Gasteiger partial charge in [-0.15, -0.1) is 0 Å². The van der Waals surface area contributed by atoms with Crippen LogP contribution >= 0.6 is 0 Å². The van der Waals surface area contributed by atoms with Gasteiger partial charge in [0.15, 0.2) is 11.6 Å². The van der Waals surface area contributed by atoms with Crippen LogP contribution in [-0.4, -0.2) is 23.0 Å². The van der Waals surface area contributed by atoms with Crippen molar-refractivity contribution in [3.63, 3.8) is 0 Å². The van der Waals surface area contributed by atoms with E-state index in [0.717, 1.165) is 16.8 Å². The third-order valence-corrected chi connectivity index (χ3v) is 5.16. The molecule has 0 aliphatic rings. The van der Waals surface area contributed by atoms with Gasteiger partial charge in [0.1, 0.15) is 12.0 Å². The molecule has 3 N–H and O–H groups in total. The maximum atomic E-state index is 11.7. The second-order valence-corrected chi connectivity index (χ2v) is 7.48. The van der Waals surface area contributed by atoms with Crippen LogP contribution in [0, 0.1) is 0 Å². The summed E-state index contributed by atoms with van der Waals surface area (Å²) in [7, 11) is 1.36. The lowest BCUT2D eigenvalue weighted by Gasteiger charge is -2.26. The molecule has 0 radical (unpaired) electrons. The standard InChI is InChI=1S/C26H25N5O2/c1-33-26(32)21-12-14-22(15-13-21)30-24-23(27)25(29-18-28-24)31(16-19-8-4-2-5-9-19)17-20-10-6-3-7-11-20/h2-15,18H,16-17,27H2,1H3,(H,28,29,30). The number of benzene rings is 3. The molecule has 1 heterocycles. The van der Waals surface area contributed by atoms with E-state index in [1.807, 2.05) is 36.4 Å². The van der Waals surface area contributed by atoms with Crippen LogP contribution in [-0.2, 0) is 17.8 Å². The van der Waals surface area contributed by atoms with Gasteiger partial charge in [-0.1, -0.05) is 60.7 Å². The number of hydrogen-bond donors (Lipinski definition) is 2. The molecule has 0 atom stereocenters. The minimum absolute atomic E-state index is 0.386. The topological polar surface area (TPSA) is 93.4 Å². The van der Waals surface area contributed by atoms with Crippen molar-refractivity contribution in [3.05, 3.63) is 108 Å². The first-order valence-electron chi connectivity index (χ1n) is 10.5. The van der Waals surface area contributed by atoms with Crippen LogP contribution in [0.3, 0.4) is 0 Å². The number of rotatable bonds is 8. The normalized spacial score (nSPS) is 10.5. The third-order valence-electron chi connectivity index (χ3n) is 5.16. The predicted molar refractivity (Wildman–Crippen MR) is 130 cm³/mol. The molecule has 0 aliphatic heterocycles. The van der Waals surface area contributed by atoms with E-state index in [1.165, 1.54) is 13.4 Å². The van der Waals surface area contributed by atoms with Crippen molar-refractivity contribution in [2.24, 2.45) is 0 Å². The highest BCUT2D eigenvalue weighted by atomic mass is 16.5. The third kappa shape index (κ3) is 5.46. The van der Waals surface area contributed by atoms with E-state index in [1.54, 1.807) is 24.3 Å². The van der Waals surface area contributed by atoms with Gasteiger partial charge in [-0.3, -0.25) is 0 Å². The average Bonchev–Trinajstić information content (AvgIpc) is 2.86. The predicted octanol–water partition coefficient (Wildman–Crippen LogP) is 4.80. The molecule has 0 aliphatic carbocycles. The fourth-order valence-corrected chi connectivity index (χ4v) is 3.50. The van der Waals surface area contributed by atoms with Crippen molar-refractivity contribution in [2.45, 2.75) is 13.1 Å². The minimum atomic E-state index is -0.386. The Balaban J connectivity index is 1.62. The van der Waals surface area contributed by atoms with Gasteiger partial charge in [-0.05, 0) is 35.4 Å². The van der Waals surface area contributed by atoms with Crippen LogP contribution in [0.2, 0.25) is 0 Å². The number of anilines is 4. The Kier molecular flexibility index (Phi) is 6.80. The van der Waals surface area contributed by atoms with Gasteiger partial charge in [0.2, 0.25) is 0 Å². The number of hydrogen-bond acceptors (Lipinski definition) is 7. The Morgan fingerprint density at radius 1 is 0.879 bits per heavy atom. The molecule has 3 aromatic carbocycles. The fraction of sp³-hybridized carbons (Fsp3) is 0.115. The number of carbonyl (C=O) groups is 1. The number of aromatic nitrogens is 2. The first kappa shape index (κ1) is 21.8. The summed E-state index contributed by atoms with van der Waals surface area (Å²) < 4.78 is 4.75. The highest BCUT2D eigenvalue weighted by Crippen LogP contribution is 2.30. The number of esters is 1. The number of carbonyl (C=O) groups excluding carboxylic acids is 1. The van der Waals surface area contributed by atoms with Gasteiger partial charge in [0.05, 0.1) is 12.7 Å². The molecule has 4 aromatic rings. The first-order chi connectivity index (χ1) is 16.1. The Labute approximate surface area is 192 Å². The quantitative estimate of drug-likeness (QED) is 0.381. The summed E-state index contributed by atoms with van der Waals surface area (Å²) >= 11 is 0. The summed E-state index contributed by atoms with van der Waals surface area (Å²) in [6.45, 7) is 1.29. The Hall–Kier alpha value is -4.39. The Morgan fingerprint density at radius 3 is 2.00 bits per heavy atom. The molecule has 0 saturated heterocycles. The lowest BCUT2D eigenvalue weighted by molar-refractivity contribution is 0.0601. The highest BCUT2D eigenvalue weighted by molar-refractivity contribution is 5.90. The summed E-state index contributed by atoms with van der Waals surface area (Å²) in [6, 6.07) is 27.3. The van der Waals surface area contributed by atoms with Gasteiger partial charge < -0.3 is 20.7 Å². The molecule has 1 aromatic heterocycles. The second kappa shape index (κ2) is 10.3. The van der Waals surface area contributed by atoms with Crippen LogP contribution in [0.5, 0.6) is 0 Å². The lowest BCUT2D eigenvalue weighted by Crippen LogP contribution is -2.24. The maximum Gasteiger partial charge on any atom is 0.337 e. The van der Waals surface area contributed by atoms with Crippen LogP contribution in [0.4, 0.5) is 23.0 Å². The van der Waals surface area contributed by atoms with Crippen molar-refractivity contribution in [3.8, 4) is 0 Å². The second-order valence-electron chi connectivity index (χ2n) is 7.48. The summed E-state index contributed by atoms with van der Waals surface area (Å²) in [5.41, 5.74) is 10.5. The summed E-state index contributed by atoms with van der Waals surface area (Å²) in [5.74, 6) is 0.756. The molecular formula is C26H25N5O2. The van der Waals surface area contributed by atoms with Crippen LogP contribution in [0.25, 0.3) is 0 Å². The fourth-order valence-electron chi connectivity index (χ4n) is 3.50. The summed E-state index contributed by atoms with van der Waals surface area (Å²) in [4.78, 5) is 22.6. The molecule has 7 heteroatoms. The number of nitrogens with zero attached hydrogens (tertiary/aromatic N) is 3. The zero-order valence-electron chi connectivity index (χ0n) is 18.3. The van der Waals surface area contributed by atoms with E-state index in [9.17, 15) is 4.79 Å². The van der Waals surface area contributed by atoms with E-state index in [0.29, 0.717) is 36.0 Å². The van der Waals surface area contributed by atoms with Crippen LogP contribution < -0.4 is 16.0 Å². The molecule has 33 heavy (non-hydrogen) atoms. The van der Waals surface area contributed by atoms with Gasteiger partial charge in [-0.2, -0.15) is 0 Å². The monoisotopic (exact) mass is 439 g/mol. The lowest BCUT2D eigenvalue weighted by atomic mass is 10.1. The van der Waals surface area contributed by atoms with Crippen molar-refractivity contribution >= 4 is 29.0 Å². The number of nitrogens with two attached hydrogens (primary N) is 1. The molecule has 0 unspecified atom stereocenters. The average molecular weight is 440 g/mol. The number of ether oxygens (including phenoxy) is 1. The summed E-state index contributed by atoms with van der Waals surface area (Å²) in [5, 5.41) is 3.22. The molecular weight excluding hydrogens is 414 g/mol. The SMILES string of the molecule is COC(=O)c1ccc(Nc2ncnc(N(Cc3ccccc3)Cc3ccccc3)c2N)cc1. The molecule has 0 fully saturated rings. The maximum absolute atomic E-state index is 11.7. The molecule has 0 amide bonds. The molecule has 0 bridgehead atoms. The Morgan fingerprint density at radius 2 is 1.45 bits per heavy atom. The van der Waals surface area contributed by atoms with Crippen LogP contribution in [0.1, 0.15) is 21.5 Å². The zero-order valence-corrected chi connectivity index (χ0v) is 18.3. The van der Waals surface area contributed by atoms with Crippen molar-refractivity contribution in [1.82, 2.24) is 9.97 Å². The number of methoxy groups -OCH3 is 1. The number of nitrogen functional groups attached to an aromatic ring is 1. The van der Waals surface area contributed by atoms with E-state index in [-0.39, 0.29) is 5.97 Å². The van der Waals surface area contributed by atoms with Crippen LogP contribution in [0.15, 0.2) is 91.3 Å². The van der Waals surface area contributed by atoms with Crippen molar-refractivity contribution in [1.29, 1.82) is 0 Å². The first-order valence-corrected chi connectivity index (χ1v) is 10.5. The molecule has 166 valence electrons. The Bertz CT molecular complexity index is 1160. The highest BCUT2D eigenvalue weighted by Gasteiger charge is 2.17. The molecule has 4 rings (SSSR count). The van der Waals surface area contributed by atoms with Gasteiger partial charge in [0.25, 0.3) is 0 Å². The van der Waals surface area contributed by atoms with Gasteiger partial charge >= 0.3 is 5.97 Å². The van der Waals surface area contributed by atoms with Crippen molar-refractivity contribution in [2.75, 3.05) is 23.1 Å². The largest absolute Gasteiger partial charge is 0.465 e. The van der Waals surface area contributed by atoms with Gasteiger partial charge in [0, 0.05) is 18.8 Å². The van der Waals surface area contributed by atoms with E-state index in [4.69, 9.17) is 10.5 Å². The minimum Gasteiger partial charge on any atom is -0.465 e. The van der Waals surface area contributed by atoms with E-state index >= 15 is 0 Å². The zero-order chi connectivity index (χ0) is 23.0. The van der Waals surface area contributed by atoms with E-state index < -0.39 is 0 Å². The smallest absolute Gasteiger partial charge is 0.337 e. The molecule has 7 nitrogen and oxygen atoms in total.